The fourth-order valence-corrected chi connectivity index (χ4v) is 1.73. The first-order chi connectivity index (χ1) is 7.67. The van der Waals surface area contributed by atoms with E-state index in [9.17, 15) is 0 Å². The van der Waals surface area contributed by atoms with Gasteiger partial charge in [0.1, 0.15) is 0 Å². The van der Waals surface area contributed by atoms with Crippen LogP contribution >= 0.6 is 11.8 Å². The number of nitrogens with zero attached hydrogens (tertiary/aromatic N) is 2. The summed E-state index contributed by atoms with van der Waals surface area (Å²) < 4.78 is 0. The van der Waals surface area contributed by atoms with E-state index >= 15 is 0 Å². The van der Waals surface area contributed by atoms with Gasteiger partial charge < -0.3 is 9.88 Å². The van der Waals surface area contributed by atoms with Gasteiger partial charge in [-0.3, -0.25) is 0 Å². The van der Waals surface area contributed by atoms with Crippen LogP contribution in [0, 0.1) is 0 Å². The minimum Gasteiger partial charge on any atom is -0.369 e. The van der Waals surface area contributed by atoms with Crippen molar-refractivity contribution in [3.05, 3.63) is 41.5 Å². The maximum atomic E-state index is 4.02. The second-order valence-electron chi connectivity index (χ2n) is 3.55. The van der Waals surface area contributed by atoms with E-state index in [0.29, 0.717) is 0 Å². The number of hydrogen-bond donors (Lipinski definition) is 1. The van der Waals surface area contributed by atoms with Crippen molar-refractivity contribution in [2.45, 2.75) is 20.4 Å². The van der Waals surface area contributed by atoms with Gasteiger partial charge in [0, 0.05) is 23.3 Å². The van der Waals surface area contributed by atoms with E-state index in [2.05, 4.69) is 41.4 Å². The number of imidazole rings is 1. The van der Waals surface area contributed by atoms with Gasteiger partial charge in [-0.25, -0.2) is 4.98 Å². The van der Waals surface area contributed by atoms with Crippen LogP contribution in [0.3, 0.4) is 0 Å². The molecule has 0 amide bonds. The van der Waals surface area contributed by atoms with Crippen molar-refractivity contribution >= 4 is 11.8 Å². The summed E-state index contributed by atoms with van der Waals surface area (Å²) in [7, 11) is 0. The smallest absolute Gasteiger partial charge is 0.0922 e. The summed E-state index contributed by atoms with van der Waals surface area (Å²) in [5.74, 6) is 0. The quantitative estimate of drug-likeness (QED) is 0.772. The lowest BCUT2D eigenvalue weighted by atomic mass is 10.3. The number of hydrogen-bond acceptors (Lipinski definition) is 3. The highest BCUT2D eigenvalue weighted by Crippen LogP contribution is 2.16. The summed E-state index contributed by atoms with van der Waals surface area (Å²) in [6.07, 6.45) is 7.73. The van der Waals surface area contributed by atoms with Crippen LogP contribution in [0.1, 0.15) is 19.5 Å². The van der Waals surface area contributed by atoms with Crippen LogP contribution in [0.5, 0.6) is 0 Å². The van der Waals surface area contributed by atoms with E-state index in [1.807, 2.05) is 12.5 Å². The molecule has 0 unspecified atom stereocenters. The van der Waals surface area contributed by atoms with Gasteiger partial charge in [-0.2, -0.15) is 0 Å². The van der Waals surface area contributed by atoms with Gasteiger partial charge in [-0.15, -0.1) is 11.8 Å². The van der Waals surface area contributed by atoms with E-state index < -0.39 is 0 Å². The largest absolute Gasteiger partial charge is 0.369 e. The summed E-state index contributed by atoms with van der Waals surface area (Å²) in [6, 6.07) is 0. The summed E-state index contributed by atoms with van der Waals surface area (Å²) >= 11 is 1.67. The second kappa shape index (κ2) is 6.43. The molecule has 1 N–H and O–H groups in total. The molecule has 0 aromatic carbocycles. The molecule has 0 fully saturated rings. The number of nitrogens with one attached hydrogen (secondary N) is 1. The predicted molar refractivity (Wildman–Crippen MR) is 71.1 cm³/mol. The van der Waals surface area contributed by atoms with E-state index in [0.717, 1.165) is 23.7 Å². The zero-order valence-electron chi connectivity index (χ0n) is 10.2. The van der Waals surface area contributed by atoms with Crippen molar-refractivity contribution in [1.29, 1.82) is 0 Å². The van der Waals surface area contributed by atoms with Crippen molar-refractivity contribution in [3.63, 3.8) is 0 Å². The van der Waals surface area contributed by atoms with E-state index in [1.54, 1.807) is 18.1 Å². The van der Waals surface area contributed by atoms with Crippen LogP contribution in [-0.4, -0.2) is 27.7 Å². The standard InChI is InChI=1S/C12H19N3S/c1-5-15(8-12-7-13-9-14-12)10(2)6-11(3)16-4/h6-7,9H,3,5,8H2,1-2,4H3,(H,13,14)/b10-6+. The fraction of sp³-hybridized carbons (Fsp3) is 0.417. The molecule has 1 heterocycles. The molecular weight excluding hydrogens is 218 g/mol. The minimum atomic E-state index is 0.862. The van der Waals surface area contributed by atoms with Crippen molar-refractivity contribution in [2.24, 2.45) is 0 Å². The maximum absolute atomic E-state index is 4.02. The molecule has 1 rings (SSSR count). The van der Waals surface area contributed by atoms with E-state index in [1.165, 1.54) is 5.70 Å². The summed E-state index contributed by atoms with van der Waals surface area (Å²) in [4.78, 5) is 10.5. The molecule has 0 spiro atoms. The molecule has 0 saturated heterocycles. The average molecular weight is 237 g/mol. The Labute approximate surface area is 102 Å². The first-order valence-corrected chi connectivity index (χ1v) is 6.53. The third-order valence-corrected chi connectivity index (χ3v) is 3.07. The van der Waals surface area contributed by atoms with Gasteiger partial charge in [-0.05, 0) is 26.2 Å². The summed E-state index contributed by atoms with van der Waals surface area (Å²) in [5.41, 5.74) is 2.36. The highest BCUT2D eigenvalue weighted by molar-refractivity contribution is 8.02. The van der Waals surface area contributed by atoms with E-state index in [4.69, 9.17) is 0 Å². The zero-order valence-corrected chi connectivity index (χ0v) is 11.0. The molecule has 0 radical (unpaired) electrons. The molecule has 3 nitrogen and oxygen atoms in total. The molecule has 4 heteroatoms. The van der Waals surface area contributed by atoms with Crippen LogP contribution < -0.4 is 0 Å². The first-order valence-electron chi connectivity index (χ1n) is 5.30. The van der Waals surface area contributed by atoms with Gasteiger partial charge in [0.25, 0.3) is 0 Å². The van der Waals surface area contributed by atoms with Crippen molar-refractivity contribution < 1.29 is 0 Å². The molecule has 1 aromatic rings. The summed E-state index contributed by atoms with van der Waals surface area (Å²) in [5, 5.41) is 0. The Morgan fingerprint density at radius 2 is 2.44 bits per heavy atom. The lowest BCUT2D eigenvalue weighted by molar-refractivity contribution is 0.352. The van der Waals surface area contributed by atoms with Crippen molar-refractivity contribution in [2.75, 3.05) is 12.8 Å². The minimum absolute atomic E-state index is 0.862. The lowest BCUT2D eigenvalue weighted by Gasteiger charge is -2.23. The molecule has 0 atom stereocenters. The third-order valence-electron chi connectivity index (χ3n) is 2.43. The highest BCUT2D eigenvalue weighted by atomic mass is 32.2. The van der Waals surface area contributed by atoms with Crippen LogP contribution in [-0.2, 0) is 6.54 Å². The Bertz CT molecular complexity index is 354. The molecule has 0 saturated carbocycles. The first kappa shape index (κ1) is 12.9. The Balaban J connectivity index is 2.67. The van der Waals surface area contributed by atoms with E-state index in [-0.39, 0.29) is 0 Å². The number of H-pyrrole nitrogens is 1. The molecule has 0 aliphatic carbocycles. The van der Waals surface area contributed by atoms with Crippen LogP contribution in [0.2, 0.25) is 0 Å². The van der Waals surface area contributed by atoms with Crippen LogP contribution in [0.4, 0.5) is 0 Å². The SMILES string of the molecule is C=C(/C=C(\C)N(CC)Cc1cnc[nH]1)SC. The van der Waals surface area contributed by atoms with Gasteiger partial charge in [0.15, 0.2) is 0 Å². The fourth-order valence-electron chi connectivity index (χ4n) is 1.45. The zero-order chi connectivity index (χ0) is 12.0. The Morgan fingerprint density at radius 3 is 2.94 bits per heavy atom. The Morgan fingerprint density at radius 1 is 1.69 bits per heavy atom. The average Bonchev–Trinajstić information content (AvgIpc) is 2.78. The van der Waals surface area contributed by atoms with Gasteiger partial charge in [0.2, 0.25) is 0 Å². The number of aromatic nitrogens is 2. The van der Waals surface area contributed by atoms with Gasteiger partial charge in [0.05, 0.1) is 18.6 Å². The molecule has 0 bridgehead atoms. The monoisotopic (exact) mass is 237 g/mol. The lowest BCUT2D eigenvalue weighted by Crippen LogP contribution is -2.20. The topological polar surface area (TPSA) is 31.9 Å². The molecule has 88 valence electrons. The predicted octanol–water partition coefficient (Wildman–Crippen LogP) is 3.01. The number of rotatable bonds is 6. The molecule has 0 aliphatic rings. The number of aromatic amines is 1. The van der Waals surface area contributed by atoms with Crippen molar-refractivity contribution in [1.82, 2.24) is 14.9 Å². The highest BCUT2D eigenvalue weighted by Gasteiger charge is 2.05. The molecule has 1 aromatic heterocycles. The van der Waals surface area contributed by atoms with Gasteiger partial charge >= 0.3 is 0 Å². The van der Waals surface area contributed by atoms with Gasteiger partial charge in [-0.1, -0.05) is 6.58 Å². The number of thioether (sulfide) groups is 1. The molecule has 16 heavy (non-hydrogen) atoms. The number of allylic oxidation sites excluding steroid dienone is 2. The third kappa shape index (κ3) is 3.77. The Hall–Kier alpha value is -1.16. The van der Waals surface area contributed by atoms with Crippen LogP contribution in [0.25, 0.3) is 0 Å². The summed E-state index contributed by atoms with van der Waals surface area (Å²) in [6.45, 7) is 10.1. The van der Waals surface area contributed by atoms with Crippen molar-refractivity contribution in [3.8, 4) is 0 Å². The normalized spacial score (nSPS) is 11.6. The Kier molecular flexibility index (Phi) is 5.19. The van der Waals surface area contributed by atoms with Crippen LogP contribution in [0.15, 0.2) is 35.8 Å². The molecular formula is C12H19N3S. The molecule has 0 aliphatic heterocycles. The maximum Gasteiger partial charge on any atom is 0.0922 e. The second-order valence-corrected chi connectivity index (χ2v) is 4.48.